The van der Waals surface area contributed by atoms with Crippen LogP contribution in [0.1, 0.15) is 25.1 Å². The molecule has 0 radical (unpaired) electrons. The minimum atomic E-state index is -3.42. The van der Waals surface area contributed by atoms with Gasteiger partial charge in [0.1, 0.15) is 4.90 Å². The summed E-state index contributed by atoms with van der Waals surface area (Å²) in [6.07, 6.45) is 0.910. The second-order valence-electron chi connectivity index (χ2n) is 5.07. The maximum atomic E-state index is 12.4. The van der Waals surface area contributed by atoms with E-state index in [9.17, 15) is 8.42 Å². The Morgan fingerprint density at radius 1 is 1.50 bits per heavy atom. The van der Waals surface area contributed by atoms with Crippen LogP contribution in [0.5, 0.6) is 0 Å². The first-order valence-corrected chi connectivity index (χ1v) is 10.7. The van der Waals surface area contributed by atoms with Crippen molar-refractivity contribution in [2.24, 2.45) is 0 Å². The molecule has 0 aliphatic carbocycles. The normalized spacial score (nSPS) is 19.9. The lowest BCUT2D eigenvalue weighted by atomic mass is 10.3. The van der Waals surface area contributed by atoms with E-state index in [0.717, 1.165) is 22.8 Å². The maximum Gasteiger partial charge on any atom is 0.242 e. The van der Waals surface area contributed by atoms with Gasteiger partial charge < -0.3 is 5.32 Å². The summed E-state index contributed by atoms with van der Waals surface area (Å²) in [6, 6.07) is 2.20. The standard InChI is InChI=1S/C12H19BrN2O2S3/c1-8(2)14-6-10-5-11(12(13)19-10)20(16,17)15-9-3-4-18-7-9/h5,8-9,14-15H,3-4,6-7H2,1-2H3. The molecule has 0 bridgehead atoms. The van der Waals surface area contributed by atoms with Crippen LogP contribution in [-0.4, -0.2) is 32.0 Å². The summed E-state index contributed by atoms with van der Waals surface area (Å²) in [5.41, 5.74) is 0. The van der Waals surface area contributed by atoms with Crippen LogP contribution < -0.4 is 10.0 Å². The first-order valence-electron chi connectivity index (χ1n) is 6.50. The van der Waals surface area contributed by atoms with E-state index in [1.165, 1.54) is 11.3 Å². The van der Waals surface area contributed by atoms with E-state index in [-0.39, 0.29) is 6.04 Å². The van der Waals surface area contributed by atoms with E-state index in [2.05, 4.69) is 39.8 Å². The average Bonchev–Trinajstić information content (AvgIpc) is 2.95. The smallest absolute Gasteiger partial charge is 0.242 e. The Bertz CT molecular complexity index is 551. The molecule has 0 amide bonds. The van der Waals surface area contributed by atoms with Gasteiger partial charge in [-0.3, -0.25) is 0 Å². The molecule has 1 fully saturated rings. The first kappa shape index (κ1) is 16.8. The van der Waals surface area contributed by atoms with Crippen LogP contribution in [0, 0.1) is 0 Å². The lowest BCUT2D eigenvalue weighted by molar-refractivity contribution is 0.563. The number of halogens is 1. The van der Waals surface area contributed by atoms with Crippen molar-refractivity contribution in [1.29, 1.82) is 0 Å². The van der Waals surface area contributed by atoms with Gasteiger partial charge in [0.15, 0.2) is 0 Å². The molecule has 0 spiro atoms. The lowest BCUT2D eigenvalue weighted by Gasteiger charge is -2.11. The van der Waals surface area contributed by atoms with Crippen LogP contribution in [0.3, 0.4) is 0 Å². The Hall–Kier alpha value is 0.400. The summed E-state index contributed by atoms with van der Waals surface area (Å²) in [7, 11) is -3.42. The predicted octanol–water partition coefficient (Wildman–Crippen LogP) is 2.79. The molecule has 20 heavy (non-hydrogen) atoms. The molecular weight excluding hydrogens is 380 g/mol. The van der Waals surface area contributed by atoms with E-state index in [4.69, 9.17) is 0 Å². The molecule has 1 atom stereocenters. The van der Waals surface area contributed by atoms with E-state index in [0.29, 0.717) is 21.3 Å². The van der Waals surface area contributed by atoms with Crippen LogP contribution in [-0.2, 0) is 16.6 Å². The van der Waals surface area contributed by atoms with Crippen molar-refractivity contribution in [3.63, 3.8) is 0 Å². The third-order valence-electron chi connectivity index (χ3n) is 2.93. The maximum absolute atomic E-state index is 12.4. The van der Waals surface area contributed by atoms with E-state index >= 15 is 0 Å². The molecule has 114 valence electrons. The molecular formula is C12H19BrN2O2S3. The van der Waals surface area contributed by atoms with Gasteiger partial charge in [-0.1, -0.05) is 13.8 Å². The topological polar surface area (TPSA) is 58.2 Å². The lowest BCUT2D eigenvalue weighted by Crippen LogP contribution is -2.34. The van der Waals surface area contributed by atoms with Gasteiger partial charge in [-0.05, 0) is 34.2 Å². The zero-order valence-corrected chi connectivity index (χ0v) is 15.5. The summed E-state index contributed by atoms with van der Waals surface area (Å²) >= 11 is 6.64. The van der Waals surface area contributed by atoms with Crippen LogP contribution in [0.25, 0.3) is 0 Å². The third kappa shape index (κ3) is 4.45. The van der Waals surface area contributed by atoms with Crippen molar-refractivity contribution in [3.8, 4) is 0 Å². The van der Waals surface area contributed by atoms with E-state index < -0.39 is 10.0 Å². The Balaban J connectivity index is 2.10. The molecule has 8 heteroatoms. The Morgan fingerprint density at radius 2 is 2.25 bits per heavy atom. The van der Waals surface area contributed by atoms with Crippen molar-refractivity contribution in [2.45, 2.75) is 43.8 Å². The van der Waals surface area contributed by atoms with Crippen molar-refractivity contribution >= 4 is 49.1 Å². The first-order chi connectivity index (χ1) is 9.38. The summed E-state index contributed by atoms with van der Waals surface area (Å²) in [5, 5.41) is 3.30. The Morgan fingerprint density at radius 3 is 2.85 bits per heavy atom. The van der Waals surface area contributed by atoms with Crippen molar-refractivity contribution in [2.75, 3.05) is 11.5 Å². The summed E-state index contributed by atoms with van der Waals surface area (Å²) in [5.74, 6) is 1.89. The molecule has 1 aromatic rings. The van der Waals surface area contributed by atoms with Gasteiger partial charge in [0.05, 0.1) is 3.79 Å². The zero-order valence-electron chi connectivity index (χ0n) is 11.5. The fourth-order valence-electron chi connectivity index (χ4n) is 1.88. The van der Waals surface area contributed by atoms with Gasteiger partial charge in [0, 0.05) is 29.3 Å². The molecule has 0 aromatic carbocycles. The van der Waals surface area contributed by atoms with Gasteiger partial charge in [0.25, 0.3) is 0 Å². The van der Waals surface area contributed by atoms with Gasteiger partial charge in [0.2, 0.25) is 10.0 Å². The SMILES string of the molecule is CC(C)NCc1cc(S(=O)(=O)NC2CCSC2)c(Br)s1. The molecule has 1 aliphatic heterocycles. The number of nitrogens with one attached hydrogen (secondary N) is 2. The highest BCUT2D eigenvalue weighted by atomic mass is 79.9. The molecule has 2 heterocycles. The minimum Gasteiger partial charge on any atom is -0.310 e. The second kappa shape index (κ2) is 7.11. The zero-order chi connectivity index (χ0) is 14.8. The number of sulfonamides is 1. The monoisotopic (exact) mass is 398 g/mol. The second-order valence-corrected chi connectivity index (χ2v) is 10.4. The van der Waals surface area contributed by atoms with E-state index in [1.54, 1.807) is 17.8 Å². The summed E-state index contributed by atoms with van der Waals surface area (Å²) in [6.45, 7) is 4.83. The molecule has 1 aliphatic rings. The largest absolute Gasteiger partial charge is 0.310 e. The van der Waals surface area contributed by atoms with Gasteiger partial charge in [-0.25, -0.2) is 13.1 Å². The Labute approximate surface area is 137 Å². The van der Waals surface area contributed by atoms with Crippen molar-refractivity contribution in [1.82, 2.24) is 10.0 Å². The van der Waals surface area contributed by atoms with Crippen molar-refractivity contribution in [3.05, 3.63) is 14.7 Å². The van der Waals surface area contributed by atoms with Gasteiger partial charge in [-0.2, -0.15) is 11.8 Å². The highest BCUT2D eigenvalue weighted by molar-refractivity contribution is 9.11. The molecule has 1 saturated heterocycles. The third-order valence-corrected chi connectivity index (χ3v) is 7.87. The number of thioether (sulfide) groups is 1. The highest BCUT2D eigenvalue weighted by Gasteiger charge is 2.26. The highest BCUT2D eigenvalue weighted by Crippen LogP contribution is 2.32. The van der Waals surface area contributed by atoms with E-state index in [1.807, 2.05) is 0 Å². The number of thiophene rings is 1. The minimum absolute atomic E-state index is 0.0639. The molecule has 4 nitrogen and oxygen atoms in total. The van der Waals surface area contributed by atoms with Gasteiger partial charge >= 0.3 is 0 Å². The summed E-state index contributed by atoms with van der Waals surface area (Å²) in [4.78, 5) is 1.38. The van der Waals surface area contributed by atoms with Crippen LogP contribution in [0.15, 0.2) is 14.7 Å². The molecule has 1 unspecified atom stereocenters. The average molecular weight is 399 g/mol. The fraction of sp³-hybridized carbons (Fsp3) is 0.667. The molecule has 2 N–H and O–H groups in total. The van der Waals surface area contributed by atoms with Crippen LogP contribution in [0.2, 0.25) is 0 Å². The molecule has 1 aromatic heterocycles. The fourth-order valence-corrected chi connectivity index (χ4v) is 7.04. The van der Waals surface area contributed by atoms with Crippen molar-refractivity contribution < 1.29 is 8.42 Å². The van der Waals surface area contributed by atoms with Crippen LogP contribution in [0.4, 0.5) is 0 Å². The number of hydrogen-bond donors (Lipinski definition) is 2. The predicted molar refractivity (Wildman–Crippen MR) is 90.0 cm³/mol. The molecule has 0 saturated carbocycles. The molecule has 2 rings (SSSR count). The Kier molecular flexibility index (Phi) is 5.96. The summed E-state index contributed by atoms with van der Waals surface area (Å²) < 4.78 is 28.3. The quantitative estimate of drug-likeness (QED) is 0.773. The van der Waals surface area contributed by atoms with Gasteiger partial charge in [-0.15, -0.1) is 11.3 Å². The number of rotatable bonds is 6. The van der Waals surface area contributed by atoms with Crippen LogP contribution >= 0.6 is 39.0 Å². The number of hydrogen-bond acceptors (Lipinski definition) is 5.